The van der Waals surface area contributed by atoms with Crippen molar-refractivity contribution in [1.82, 2.24) is 4.90 Å². The van der Waals surface area contributed by atoms with Crippen molar-refractivity contribution in [3.63, 3.8) is 0 Å². The van der Waals surface area contributed by atoms with E-state index in [9.17, 15) is 10.0 Å². The number of phenols is 1. The summed E-state index contributed by atoms with van der Waals surface area (Å²) in [6, 6.07) is 5.50. The zero-order valence-electron chi connectivity index (χ0n) is 10.8. The van der Waals surface area contributed by atoms with Crippen LogP contribution in [0.15, 0.2) is 23.4 Å². The maximum Gasteiger partial charge on any atom is 0.117 e. The fourth-order valence-corrected chi connectivity index (χ4v) is 3.64. The summed E-state index contributed by atoms with van der Waals surface area (Å²) in [5.41, 5.74) is 2.12. The number of rotatable bonds is 1. The summed E-state index contributed by atoms with van der Waals surface area (Å²) >= 11 is 0. The molecule has 2 bridgehead atoms. The third-order valence-corrected chi connectivity index (χ3v) is 4.82. The van der Waals surface area contributed by atoms with Crippen LogP contribution >= 0.6 is 0 Å². The van der Waals surface area contributed by atoms with Crippen LogP contribution in [0.4, 0.5) is 0 Å². The van der Waals surface area contributed by atoms with E-state index in [1.54, 1.807) is 6.07 Å². The molecule has 96 valence electrons. The first kappa shape index (κ1) is 11.7. The van der Waals surface area contributed by atoms with Crippen LogP contribution in [0.2, 0.25) is 0 Å². The largest absolute Gasteiger partial charge is 0.508 e. The molecule has 3 unspecified atom stereocenters. The Kier molecular flexibility index (Phi) is 2.45. The Hall–Kier alpha value is -1.42. The third kappa shape index (κ3) is 1.42. The standard InChI is InChI=1S/C14H18N2O2/c1-14-5-6-16(2)12(13(14)15-18)7-9-3-4-10(17)8-11(9)14/h3-4,8,12-13,17H,5-7H2,1-2H3. The van der Waals surface area contributed by atoms with Gasteiger partial charge in [-0.25, -0.2) is 0 Å². The Balaban J connectivity index is 2.18. The van der Waals surface area contributed by atoms with Gasteiger partial charge in [-0.05, 0) is 49.7 Å². The quantitative estimate of drug-likeness (QED) is 0.771. The molecule has 1 N–H and O–H groups in total. The number of fused-ring (bicyclic) bond motifs is 4. The van der Waals surface area contributed by atoms with Gasteiger partial charge in [-0.1, -0.05) is 18.2 Å². The number of nitroso groups, excluding NO2 is 1. The van der Waals surface area contributed by atoms with Gasteiger partial charge in [-0.15, -0.1) is 0 Å². The minimum absolute atomic E-state index is 0.193. The molecule has 0 saturated carbocycles. The summed E-state index contributed by atoms with van der Waals surface area (Å²) < 4.78 is 0. The van der Waals surface area contributed by atoms with E-state index in [1.807, 2.05) is 12.1 Å². The topological polar surface area (TPSA) is 52.9 Å². The number of piperidine rings is 1. The molecule has 1 aliphatic carbocycles. The molecule has 1 saturated heterocycles. The first-order valence-corrected chi connectivity index (χ1v) is 6.41. The van der Waals surface area contributed by atoms with Crippen LogP contribution in [0.5, 0.6) is 5.75 Å². The molecule has 4 heteroatoms. The normalized spacial score (nSPS) is 35.0. The molecular weight excluding hydrogens is 228 g/mol. The lowest BCUT2D eigenvalue weighted by Gasteiger charge is -2.51. The second-order valence-electron chi connectivity index (χ2n) is 5.81. The Labute approximate surface area is 107 Å². The van der Waals surface area contributed by atoms with E-state index in [4.69, 9.17) is 0 Å². The van der Waals surface area contributed by atoms with Crippen LogP contribution in [0.1, 0.15) is 24.5 Å². The molecule has 0 radical (unpaired) electrons. The van der Waals surface area contributed by atoms with Gasteiger partial charge in [0.05, 0.1) is 0 Å². The minimum atomic E-state index is -0.231. The highest BCUT2D eigenvalue weighted by molar-refractivity contribution is 5.45. The number of likely N-dealkylation sites (N-methyl/N-ethyl adjacent to an activating group) is 1. The van der Waals surface area contributed by atoms with Crippen molar-refractivity contribution in [2.24, 2.45) is 5.18 Å². The summed E-state index contributed by atoms with van der Waals surface area (Å²) in [4.78, 5) is 13.5. The van der Waals surface area contributed by atoms with Crippen LogP contribution in [0.3, 0.4) is 0 Å². The first-order chi connectivity index (χ1) is 8.56. The van der Waals surface area contributed by atoms with Crippen LogP contribution in [0, 0.1) is 4.91 Å². The molecule has 18 heavy (non-hydrogen) atoms. The maximum absolute atomic E-state index is 11.3. The summed E-state index contributed by atoms with van der Waals surface area (Å²) in [5.74, 6) is 0.275. The van der Waals surface area contributed by atoms with Crippen molar-refractivity contribution in [2.45, 2.75) is 37.3 Å². The second kappa shape index (κ2) is 3.79. The molecule has 1 heterocycles. The van der Waals surface area contributed by atoms with Gasteiger partial charge >= 0.3 is 0 Å². The number of phenolic OH excluding ortho intramolecular Hbond substituents is 1. The molecular formula is C14H18N2O2. The van der Waals surface area contributed by atoms with Crippen molar-refractivity contribution in [2.75, 3.05) is 13.6 Å². The second-order valence-corrected chi connectivity index (χ2v) is 5.81. The molecule has 3 rings (SSSR count). The lowest BCUT2D eigenvalue weighted by atomic mass is 9.62. The summed E-state index contributed by atoms with van der Waals surface area (Å²) in [7, 11) is 2.06. The summed E-state index contributed by atoms with van der Waals surface area (Å²) in [6.07, 6.45) is 1.75. The van der Waals surface area contributed by atoms with Gasteiger partial charge in [0.25, 0.3) is 0 Å². The zero-order chi connectivity index (χ0) is 12.9. The van der Waals surface area contributed by atoms with Crippen LogP contribution in [-0.2, 0) is 11.8 Å². The minimum Gasteiger partial charge on any atom is -0.508 e. The van der Waals surface area contributed by atoms with Gasteiger partial charge in [-0.3, -0.25) is 0 Å². The molecule has 0 spiro atoms. The van der Waals surface area contributed by atoms with Crippen molar-refractivity contribution < 1.29 is 5.11 Å². The van der Waals surface area contributed by atoms with E-state index >= 15 is 0 Å². The molecule has 3 atom stereocenters. The van der Waals surface area contributed by atoms with Gasteiger partial charge < -0.3 is 10.0 Å². The lowest BCUT2D eigenvalue weighted by Crippen LogP contribution is -2.60. The monoisotopic (exact) mass is 246 g/mol. The number of aromatic hydroxyl groups is 1. The average Bonchev–Trinajstić information content (AvgIpc) is 2.35. The van der Waals surface area contributed by atoms with Gasteiger partial charge in [-0.2, -0.15) is 4.91 Å². The molecule has 2 aliphatic rings. The van der Waals surface area contributed by atoms with E-state index < -0.39 is 0 Å². The van der Waals surface area contributed by atoms with Crippen molar-refractivity contribution in [3.05, 3.63) is 34.2 Å². The van der Waals surface area contributed by atoms with E-state index in [0.29, 0.717) is 0 Å². The third-order valence-electron chi connectivity index (χ3n) is 4.82. The average molecular weight is 246 g/mol. The van der Waals surface area contributed by atoms with E-state index in [1.165, 1.54) is 5.56 Å². The van der Waals surface area contributed by atoms with Gasteiger partial charge in [0.15, 0.2) is 0 Å². The number of benzene rings is 1. The maximum atomic E-state index is 11.3. The zero-order valence-corrected chi connectivity index (χ0v) is 10.8. The summed E-state index contributed by atoms with van der Waals surface area (Å²) in [5, 5.41) is 13.1. The molecule has 0 aromatic heterocycles. The number of nitrogens with zero attached hydrogens (tertiary/aromatic N) is 2. The van der Waals surface area contributed by atoms with Gasteiger partial charge in [0.2, 0.25) is 0 Å². The smallest absolute Gasteiger partial charge is 0.117 e. The molecule has 1 aromatic carbocycles. The molecule has 4 nitrogen and oxygen atoms in total. The van der Waals surface area contributed by atoms with Gasteiger partial charge in [0, 0.05) is 11.5 Å². The highest BCUT2D eigenvalue weighted by Crippen LogP contribution is 2.46. The SMILES string of the molecule is CN1CCC2(C)c3cc(O)ccc3CC1C2N=O. The molecule has 1 aliphatic heterocycles. The van der Waals surface area contributed by atoms with Crippen molar-refractivity contribution >= 4 is 0 Å². The van der Waals surface area contributed by atoms with Crippen LogP contribution < -0.4 is 0 Å². The summed E-state index contributed by atoms with van der Waals surface area (Å²) in [6.45, 7) is 3.08. The predicted octanol–water partition coefficient (Wildman–Crippen LogP) is 2.05. The van der Waals surface area contributed by atoms with E-state index in [0.717, 1.165) is 24.9 Å². The number of likely N-dealkylation sites (tertiary alicyclic amines) is 1. The highest BCUT2D eigenvalue weighted by atomic mass is 16.3. The fraction of sp³-hybridized carbons (Fsp3) is 0.571. The number of hydrogen-bond acceptors (Lipinski definition) is 4. The van der Waals surface area contributed by atoms with Crippen molar-refractivity contribution in [1.29, 1.82) is 0 Å². The Morgan fingerprint density at radius 3 is 3.00 bits per heavy atom. The number of hydrogen-bond donors (Lipinski definition) is 1. The van der Waals surface area contributed by atoms with E-state index in [-0.39, 0.29) is 23.2 Å². The van der Waals surface area contributed by atoms with Crippen LogP contribution in [0.25, 0.3) is 0 Å². The van der Waals surface area contributed by atoms with Crippen LogP contribution in [-0.4, -0.2) is 35.7 Å². The van der Waals surface area contributed by atoms with E-state index in [2.05, 4.69) is 24.0 Å². The van der Waals surface area contributed by atoms with Crippen molar-refractivity contribution in [3.8, 4) is 5.75 Å². The molecule has 0 amide bonds. The highest BCUT2D eigenvalue weighted by Gasteiger charge is 2.51. The Bertz CT molecular complexity index is 503. The Morgan fingerprint density at radius 1 is 1.50 bits per heavy atom. The molecule has 1 fully saturated rings. The first-order valence-electron chi connectivity index (χ1n) is 6.41. The fourth-order valence-electron chi connectivity index (χ4n) is 3.64. The van der Waals surface area contributed by atoms with Gasteiger partial charge in [0.1, 0.15) is 11.8 Å². The predicted molar refractivity (Wildman–Crippen MR) is 69.8 cm³/mol. The lowest BCUT2D eigenvalue weighted by molar-refractivity contribution is 0.0865. The molecule has 1 aromatic rings. The Morgan fingerprint density at radius 2 is 2.28 bits per heavy atom.